The lowest BCUT2D eigenvalue weighted by atomic mass is 9.93. The van der Waals surface area contributed by atoms with E-state index in [1.54, 1.807) is 0 Å². The first-order valence-electron chi connectivity index (χ1n) is 8.30. The molecular weight excluding hydrogens is 278 g/mol. The highest BCUT2D eigenvalue weighted by Gasteiger charge is 2.32. The second-order valence-corrected chi connectivity index (χ2v) is 6.75. The van der Waals surface area contributed by atoms with Crippen molar-refractivity contribution in [2.45, 2.75) is 57.4 Å². The highest BCUT2D eigenvalue weighted by molar-refractivity contribution is 5.13. The molecule has 0 aromatic carbocycles. The zero-order valence-electron chi connectivity index (χ0n) is 13.2. The van der Waals surface area contributed by atoms with E-state index < -0.39 is 0 Å². The third-order valence-corrected chi connectivity index (χ3v) is 4.90. The molecule has 4 rings (SSSR count). The Morgan fingerprint density at radius 1 is 1.32 bits per heavy atom. The van der Waals surface area contributed by atoms with E-state index in [1.807, 2.05) is 0 Å². The van der Waals surface area contributed by atoms with Crippen LogP contribution in [0.15, 0.2) is 10.6 Å². The van der Waals surface area contributed by atoms with Crippen LogP contribution in [0.4, 0.5) is 0 Å². The maximum atomic E-state index is 5.50. The van der Waals surface area contributed by atoms with Gasteiger partial charge in [0.05, 0.1) is 11.7 Å². The van der Waals surface area contributed by atoms with Crippen LogP contribution in [0.3, 0.4) is 0 Å². The average Bonchev–Trinajstić information content (AvgIpc) is 3.10. The molecule has 2 fully saturated rings. The number of hydrogen-bond acceptors (Lipinski definition) is 5. The minimum atomic E-state index is 0.183. The fourth-order valence-electron chi connectivity index (χ4n) is 3.33. The Morgan fingerprint density at radius 3 is 2.91 bits per heavy atom. The largest absolute Gasteiger partial charge is 0.338 e. The highest BCUT2D eigenvalue weighted by atomic mass is 16.5. The predicted molar refractivity (Wildman–Crippen MR) is 81.6 cm³/mol. The SMILES string of the molecule is Cc1cc([C@@H]2CCCN([C@@H](C)c3nc(C4CC4)no3)C2)n[nH]1. The molecule has 1 N–H and O–H groups in total. The molecule has 22 heavy (non-hydrogen) atoms. The third-order valence-electron chi connectivity index (χ3n) is 4.90. The van der Waals surface area contributed by atoms with Crippen LogP contribution in [0.2, 0.25) is 0 Å². The molecule has 2 aliphatic rings. The number of rotatable bonds is 4. The first-order chi connectivity index (χ1) is 10.7. The van der Waals surface area contributed by atoms with E-state index in [-0.39, 0.29) is 6.04 Å². The van der Waals surface area contributed by atoms with Crippen LogP contribution >= 0.6 is 0 Å². The minimum absolute atomic E-state index is 0.183. The Hall–Kier alpha value is -1.69. The first-order valence-corrected chi connectivity index (χ1v) is 8.30. The van der Waals surface area contributed by atoms with E-state index in [2.05, 4.69) is 45.2 Å². The second-order valence-electron chi connectivity index (χ2n) is 6.75. The molecule has 0 spiro atoms. The molecule has 1 aliphatic carbocycles. The van der Waals surface area contributed by atoms with Crippen LogP contribution < -0.4 is 0 Å². The molecule has 2 atom stereocenters. The van der Waals surface area contributed by atoms with Crippen molar-refractivity contribution < 1.29 is 4.52 Å². The van der Waals surface area contributed by atoms with Crippen LogP contribution in [0.25, 0.3) is 0 Å². The average molecular weight is 301 g/mol. The summed E-state index contributed by atoms with van der Waals surface area (Å²) in [6.45, 7) is 6.31. The summed E-state index contributed by atoms with van der Waals surface area (Å²) in [5.41, 5.74) is 2.31. The number of nitrogens with zero attached hydrogens (tertiary/aromatic N) is 4. The Morgan fingerprint density at radius 2 is 2.18 bits per heavy atom. The van der Waals surface area contributed by atoms with Crippen molar-refractivity contribution in [2.75, 3.05) is 13.1 Å². The number of aromatic nitrogens is 4. The summed E-state index contributed by atoms with van der Waals surface area (Å²) in [5, 5.41) is 11.6. The summed E-state index contributed by atoms with van der Waals surface area (Å²) in [6, 6.07) is 2.35. The van der Waals surface area contributed by atoms with Gasteiger partial charge in [0.2, 0.25) is 5.89 Å². The Labute approximate surface area is 130 Å². The first kappa shape index (κ1) is 13.9. The summed E-state index contributed by atoms with van der Waals surface area (Å²) in [7, 11) is 0. The lowest BCUT2D eigenvalue weighted by molar-refractivity contribution is 0.132. The van der Waals surface area contributed by atoms with Gasteiger partial charge in [0.1, 0.15) is 0 Å². The van der Waals surface area contributed by atoms with Crippen molar-refractivity contribution in [3.63, 3.8) is 0 Å². The van der Waals surface area contributed by atoms with E-state index >= 15 is 0 Å². The Balaban J connectivity index is 1.46. The van der Waals surface area contributed by atoms with Crippen molar-refractivity contribution in [1.29, 1.82) is 0 Å². The van der Waals surface area contributed by atoms with Gasteiger partial charge in [0, 0.05) is 24.1 Å². The quantitative estimate of drug-likeness (QED) is 0.940. The van der Waals surface area contributed by atoms with Crippen LogP contribution in [0.1, 0.15) is 73.6 Å². The molecule has 3 heterocycles. The van der Waals surface area contributed by atoms with Crippen LogP contribution in [0, 0.1) is 6.92 Å². The van der Waals surface area contributed by atoms with Gasteiger partial charge in [-0.15, -0.1) is 0 Å². The summed E-state index contributed by atoms with van der Waals surface area (Å²) in [6.07, 6.45) is 4.80. The number of aryl methyl sites for hydroxylation is 1. The molecule has 0 unspecified atom stereocenters. The summed E-state index contributed by atoms with van der Waals surface area (Å²) < 4.78 is 5.50. The Kier molecular flexibility index (Phi) is 3.48. The van der Waals surface area contributed by atoms with Crippen LogP contribution in [0.5, 0.6) is 0 Å². The molecule has 2 aromatic rings. The Bertz CT molecular complexity index is 645. The van der Waals surface area contributed by atoms with Gasteiger partial charge in [-0.1, -0.05) is 5.16 Å². The molecule has 0 radical (unpaired) electrons. The molecule has 6 nitrogen and oxygen atoms in total. The van der Waals surface area contributed by atoms with Gasteiger partial charge in [-0.25, -0.2) is 0 Å². The number of piperidine rings is 1. The van der Waals surface area contributed by atoms with Crippen molar-refractivity contribution in [1.82, 2.24) is 25.2 Å². The van der Waals surface area contributed by atoms with Gasteiger partial charge in [0.15, 0.2) is 5.82 Å². The van der Waals surface area contributed by atoms with Gasteiger partial charge >= 0.3 is 0 Å². The number of H-pyrrole nitrogens is 1. The summed E-state index contributed by atoms with van der Waals surface area (Å²) >= 11 is 0. The van der Waals surface area contributed by atoms with Gasteiger partial charge in [-0.3, -0.25) is 10.00 Å². The second kappa shape index (κ2) is 5.50. The monoisotopic (exact) mass is 301 g/mol. The maximum Gasteiger partial charge on any atom is 0.243 e. The van der Waals surface area contributed by atoms with Crippen molar-refractivity contribution in [3.8, 4) is 0 Å². The minimum Gasteiger partial charge on any atom is -0.338 e. The topological polar surface area (TPSA) is 70.8 Å². The van der Waals surface area contributed by atoms with Crippen molar-refractivity contribution in [2.24, 2.45) is 0 Å². The van der Waals surface area contributed by atoms with Gasteiger partial charge < -0.3 is 4.52 Å². The molecule has 118 valence electrons. The fraction of sp³-hybridized carbons (Fsp3) is 0.688. The standard InChI is InChI=1S/C16H23N5O/c1-10-8-14(19-18-10)13-4-3-7-21(9-13)11(2)16-17-15(20-22-16)12-5-6-12/h8,11-13H,3-7,9H2,1-2H3,(H,18,19)/t11-,13+/m0/s1. The molecule has 2 aromatic heterocycles. The smallest absolute Gasteiger partial charge is 0.243 e. The van der Waals surface area contributed by atoms with E-state index in [4.69, 9.17) is 4.52 Å². The van der Waals surface area contributed by atoms with Crippen LogP contribution in [-0.4, -0.2) is 38.3 Å². The van der Waals surface area contributed by atoms with Crippen LogP contribution in [-0.2, 0) is 0 Å². The third kappa shape index (κ3) is 2.67. The zero-order valence-corrected chi connectivity index (χ0v) is 13.2. The predicted octanol–water partition coefficient (Wildman–Crippen LogP) is 2.92. The molecular formula is C16H23N5O. The molecule has 1 saturated heterocycles. The normalized spacial score (nSPS) is 24.5. The van der Waals surface area contributed by atoms with Gasteiger partial charge in [-0.2, -0.15) is 10.1 Å². The molecule has 0 bridgehead atoms. The van der Waals surface area contributed by atoms with Gasteiger partial charge in [-0.05, 0) is 52.1 Å². The number of likely N-dealkylation sites (tertiary alicyclic amines) is 1. The maximum absolute atomic E-state index is 5.50. The lowest BCUT2D eigenvalue weighted by Gasteiger charge is -2.34. The van der Waals surface area contributed by atoms with E-state index in [0.29, 0.717) is 11.8 Å². The fourth-order valence-corrected chi connectivity index (χ4v) is 3.33. The molecule has 1 aliphatic heterocycles. The highest BCUT2D eigenvalue weighted by Crippen LogP contribution is 2.39. The van der Waals surface area contributed by atoms with Crippen molar-refractivity contribution in [3.05, 3.63) is 29.2 Å². The van der Waals surface area contributed by atoms with E-state index in [9.17, 15) is 0 Å². The molecule has 6 heteroatoms. The summed E-state index contributed by atoms with van der Waals surface area (Å²) in [5.74, 6) is 2.71. The lowest BCUT2D eigenvalue weighted by Crippen LogP contribution is -2.36. The number of hydrogen-bond donors (Lipinski definition) is 1. The number of aromatic amines is 1. The molecule has 1 saturated carbocycles. The van der Waals surface area contributed by atoms with E-state index in [1.165, 1.54) is 31.4 Å². The van der Waals surface area contributed by atoms with Gasteiger partial charge in [0.25, 0.3) is 0 Å². The van der Waals surface area contributed by atoms with Crippen molar-refractivity contribution >= 4 is 0 Å². The van der Waals surface area contributed by atoms with E-state index in [0.717, 1.165) is 30.5 Å². The zero-order chi connectivity index (χ0) is 15.1. The number of nitrogens with one attached hydrogen (secondary N) is 1. The summed E-state index contributed by atoms with van der Waals surface area (Å²) in [4.78, 5) is 7.05. The molecule has 0 amide bonds.